The molecule has 0 bridgehead atoms. The maximum Gasteiger partial charge on any atom is 0.225 e. The van der Waals surface area contributed by atoms with Gasteiger partial charge in [0, 0.05) is 31.0 Å². The lowest BCUT2D eigenvalue weighted by Gasteiger charge is -2.32. The second-order valence-corrected chi connectivity index (χ2v) is 9.63. The van der Waals surface area contributed by atoms with Gasteiger partial charge < -0.3 is 15.0 Å². The molecule has 8 nitrogen and oxygen atoms in total. The first-order valence-electron chi connectivity index (χ1n) is 10.0. The molecular formula is C21H28N4O4S. The van der Waals surface area contributed by atoms with Crippen LogP contribution in [0.4, 0.5) is 5.95 Å². The van der Waals surface area contributed by atoms with Crippen molar-refractivity contribution < 1.29 is 17.9 Å². The van der Waals surface area contributed by atoms with Crippen molar-refractivity contribution in [1.82, 2.24) is 15.3 Å². The third-order valence-corrected chi connectivity index (χ3v) is 6.87. The van der Waals surface area contributed by atoms with Crippen molar-refractivity contribution in [3.63, 3.8) is 0 Å². The number of methoxy groups -OCH3 is 1. The molecule has 0 radical (unpaired) electrons. The number of piperidine rings is 1. The van der Waals surface area contributed by atoms with E-state index >= 15 is 0 Å². The average Bonchev–Trinajstić information content (AvgIpc) is 2.73. The number of hydrogen-bond donors (Lipinski definition) is 1. The molecule has 1 aromatic heterocycles. The maximum atomic E-state index is 12.6. The van der Waals surface area contributed by atoms with Gasteiger partial charge in [-0.1, -0.05) is 0 Å². The van der Waals surface area contributed by atoms with Gasteiger partial charge in [0.25, 0.3) is 0 Å². The Bertz CT molecular complexity index is 972. The number of aryl methyl sites for hydroxylation is 2. The Hall–Kier alpha value is -2.68. The molecular weight excluding hydrogens is 404 g/mol. The lowest BCUT2D eigenvalue weighted by Crippen LogP contribution is -2.44. The van der Waals surface area contributed by atoms with Crippen LogP contribution in [-0.2, 0) is 14.6 Å². The molecule has 1 aliphatic heterocycles. The number of rotatable bonds is 7. The molecule has 1 N–H and O–H groups in total. The van der Waals surface area contributed by atoms with E-state index in [0.717, 1.165) is 30.8 Å². The molecule has 0 unspecified atom stereocenters. The summed E-state index contributed by atoms with van der Waals surface area (Å²) in [5.74, 6) is 0.742. The third kappa shape index (κ3) is 5.47. The summed E-state index contributed by atoms with van der Waals surface area (Å²) in [5.41, 5.74) is 1.79. The number of amides is 1. The third-order valence-electron chi connectivity index (χ3n) is 5.13. The minimum Gasteiger partial charge on any atom is -0.497 e. The molecule has 1 saturated heterocycles. The molecule has 0 saturated carbocycles. The van der Waals surface area contributed by atoms with Crippen LogP contribution in [0.15, 0.2) is 35.2 Å². The topological polar surface area (TPSA) is 101 Å². The summed E-state index contributed by atoms with van der Waals surface area (Å²) >= 11 is 0. The van der Waals surface area contributed by atoms with Crippen molar-refractivity contribution in [2.75, 3.05) is 37.4 Å². The normalized spacial score (nSPS) is 16.9. The first kappa shape index (κ1) is 22.0. The summed E-state index contributed by atoms with van der Waals surface area (Å²) < 4.78 is 30.0. The van der Waals surface area contributed by atoms with E-state index in [9.17, 15) is 13.2 Å². The molecule has 3 rings (SSSR count). The standard InChI is InChI=1S/C21H28N4O4S/c1-15-13-16(2)24-21(23-15)25-11-4-5-17(14-25)20(26)22-10-12-30(27,28)19-8-6-18(29-3)7-9-19/h6-9,13,17H,4-5,10-12,14H2,1-3H3,(H,22,26)/t17-/m0/s1. The Morgan fingerprint density at radius 3 is 2.50 bits per heavy atom. The second kappa shape index (κ2) is 9.42. The van der Waals surface area contributed by atoms with Crippen molar-refractivity contribution in [1.29, 1.82) is 0 Å². The number of nitrogens with one attached hydrogen (secondary N) is 1. The lowest BCUT2D eigenvalue weighted by molar-refractivity contribution is -0.125. The van der Waals surface area contributed by atoms with Gasteiger partial charge in [-0.25, -0.2) is 18.4 Å². The number of hydrogen-bond acceptors (Lipinski definition) is 7. The van der Waals surface area contributed by atoms with Gasteiger partial charge in [-0.15, -0.1) is 0 Å². The van der Waals surface area contributed by atoms with Crippen molar-refractivity contribution in [2.45, 2.75) is 31.6 Å². The van der Waals surface area contributed by atoms with Gasteiger partial charge in [0.2, 0.25) is 11.9 Å². The van der Waals surface area contributed by atoms with Gasteiger partial charge in [-0.05, 0) is 57.0 Å². The molecule has 30 heavy (non-hydrogen) atoms. The van der Waals surface area contributed by atoms with E-state index in [1.165, 1.54) is 19.2 Å². The van der Waals surface area contributed by atoms with Gasteiger partial charge in [0.1, 0.15) is 5.75 Å². The van der Waals surface area contributed by atoms with E-state index in [2.05, 4.69) is 15.3 Å². The molecule has 1 aliphatic rings. The highest BCUT2D eigenvalue weighted by Crippen LogP contribution is 2.21. The lowest BCUT2D eigenvalue weighted by atomic mass is 9.97. The first-order valence-corrected chi connectivity index (χ1v) is 11.7. The van der Waals surface area contributed by atoms with Crippen molar-refractivity contribution >= 4 is 21.7 Å². The fourth-order valence-electron chi connectivity index (χ4n) is 3.58. The summed E-state index contributed by atoms with van der Waals surface area (Å²) in [6.07, 6.45) is 1.62. The van der Waals surface area contributed by atoms with E-state index in [-0.39, 0.29) is 29.0 Å². The van der Waals surface area contributed by atoms with Crippen molar-refractivity contribution in [3.05, 3.63) is 41.7 Å². The van der Waals surface area contributed by atoms with Crippen LogP contribution >= 0.6 is 0 Å². The van der Waals surface area contributed by atoms with E-state index in [1.54, 1.807) is 12.1 Å². The Kier molecular flexibility index (Phi) is 6.91. The molecule has 2 heterocycles. The predicted octanol–water partition coefficient (Wildman–Crippen LogP) is 1.91. The highest BCUT2D eigenvalue weighted by molar-refractivity contribution is 7.91. The molecule has 1 amide bonds. The number of anilines is 1. The van der Waals surface area contributed by atoms with Gasteiger partial charge in [-0.2, -0.15) is 0 Å². The monoisotopic (exact) mass is 432 g/mol. The number of carbonyl (C=O) groups excluding carboxylic acids is 1. The molecule has 1 aromatic carbocycles. The highest BCUT2D eigenvalue weighted by atomic mass is 32.2. The van der Waals surface area contributed by atoms with Crippen LogP contribution in [0.2, 0.25) is 0 Å². The maximum absolute atomic E-state index is 12.6. The van der Waals surface area contributed by atoms with Crippen LogP contribution in [0.3, 0.4) is 0 Å². The average molecular weight is 433 g/mol. The number of sulfone groups is 1. The quantitative estimate of drug-likeness (QED) is 0.713. The van der Waals surface area contributed by atoms with Crippen LogP contribution < -0.4 is 15.0 Å². The molecule has 1 atom stereocenters. The summed E-state index contributed by atoms with van der Waals surface area (Å²) in [6.45, 7) is 5.26. The van der Waals surface area contributed by atoms with E-state index in [1.807, 2.05) is 24.8 Å². The molecule has 162 valence electrons. The minimum atomic E-state index is -3.48. The summed E-state index contributed by atoms with van der Waals surface area (Å²) in [7, 11) is -1.95. The van der Waals surface area contributed by atoms with E-state index < -0.39 is 9.84 Å². The minimum absolute atomic E-state index is 0.0732. The zero-order chi connectivity index (χ0) is 21.7. The largest absolute Gasteiger partial charge is 0.497 e. The molecule has 9 heteroatoms. The van der Waals surface area contributed by atoms with E-state index in [0.29, 0.717) is 18.2 Å². The fourth-order valence-corrected chi connectivity index (χ4v) is 4.73. The zero-order valence-corrected chi connectivity index (χ0v) is 18.4. The number of aromatic nitrogens is 2. The van der Waals surface area contributed by atoms with Crippen LogP contribution in [0, 0.1) is 19.8 Å². The number of benzene rings is 1. The van der Waals surface area contributed by atoms with Crippen LogP contribution in [-0.4, -0.2) is 56.8 Å². The summed E-state index contributed by atoms with van der Waals surface area (Å²) in [6, 6.07) is 8.16. The van der Waals surface area contributed by atoms with Crippen LogP contribution in [0.25, 0.3) is 0 Å². The Balaban J connectivity index is 1.55. The molecule has 0 spiro atoms. The van der Waals surface area contributed by atoms with Crippen molar-refractivity contribution in [2.24, 2.45) is 5.92 Å². The van der Waals surface area contributed by atoms with Gasteiger partial charge >= 0.3 is 0 Å². The Morgan fingerprint density at radius 2 is 1.87 bits per heavy atom. The Morgan fingerprint density at radius 1 is 1.20 bits per heavy atom. The van der Waals surface area contributed by atoms with Gasteiger partial charge in [0.15, 0.2) is 9.84 Å². The number of ether oxygens (including phenoxy) is 1. The molecule has 2 aromatic rings. The van der Waals surface area contributed by atoms with Crippen molar-refractivity contribution in [3.8, 4) is 5.75 Å². The SMILES string of the molecule is COc1ccc(S(=O)(=O)CCNC(=O)[C@H]2CCCN(c3nc(C)cc(C)n3)C2)cc1. The smallest absolute Gasteiger partial charge is 0.225 e. The van der Waals surface area contributed by atoms with Crippen LogP contribution in [0.5, 0.6) is 5.75 Å². The highest BCUT2D eigenvalue weighted by Gasteiger charge is 2.27. The second-order valence-electron chi connectivity index (χ2n) is 7.52. The molecule has 0 aliphatic carbocycles. The number of carbonyl (C=O) groups is 1. The summed E-state index contributed by atoms with van der Waals surface area (Å²) in [4.78, 5) is 23.8. The van der Waals surface area contributed by atoms with Crippen LogP contribution in [0.1, 0.15) is 24.2 Å². The van der Waals surface area contributed by atoms with Gasteiger partial charge in [-0.3, -0.25) is 4.79 Å². The fraction of sp³-hybridized carbons (Fsp3) is 0.476. The first-order chi connectivity index (χ1) is 14.3. The number of nitrogens with zero attached hydrogens (tertiary/aromatic N) is 3. The van der Waals surface area contributed by atoms with E-state index in [4.69, 9.17) is 4.74 Å². The Labute approximate surface area is 177 Å². The van der Waals surface area contributed by atoms with Gasteiger partial charge in [0.05, 0.1) is 23.7 Å². The molecule has 1 fully saturated rings. The predicted molar refractivity (Wildman–Crippen MR) is 114 cm³/mol. The zero-order valence-electron chi connectivity index (χ0n) is 17.6. The summed E-state index contributed by atoms with van der Waals surface area (Å²) in [5, 5.41) is 2.79.